The van der Waals surface area contributed by atoms with Crippen molar-refractivity contribution in [2.24, 2.45) is 4.99 Å². The fourth-order valence-corrected chi connectivity index (χ4v) is 3.39. The lowest BCUT2D eigenvalue weighted by molar-refractivity contribution is 0.0996. The minimum atomic E-state index is -0.333. The predicted molar refractivity (Wildman–Crippen MR) is 116 cm³/mol. The number of hydrogen-bond donors (Lipinski definition) is 3. The van der Waals surface area contributed by atoms with Gasteiger partial charge in [-0.2, -0.15) is 0 Å². The van der Waals surface area contributed by atoms with E-state index in [-0.39, 0.29) is 24.3 Å². The van der Waals surface area contributed by atoms with E-state index in [1.807, 2.05) is 6.92 Å². The van der Waals surface area contributed by atoms with Gasteiger partial charge in [-0.3, -0.25) is 4.79 Å². The summed E-state index contributed by atoms with van der Waals surface area (Å²) in [5.74, 6) is 0.573. The van der Waals surface area contributed by atoms with Crippen LogP contribution < -0.4 is 10.6 Å². The van der Waals surface area contributed by atoms with Crippen LogP contribution in [0.2, 0.25) is 5.02 Å². The zero-order valence-corrected chi connectivity index (χ0v) is 17.1. The number of aliphatic hydroxyl groups excluding tert-OH is 1. The van der Waals surface area contributed by atoms with E-state index >= 15 is 0 Å². The van der Waals surface area contributed by atoms with Gasteiger partial charge in [0.1, 0.15) is 0 Å². The third-order valence-electron chi connectivity index (χ3n) is 4.81. The van der Waals surface area contributed by atoms with E-state index in [0.717, 1.165) is 22.4 Å². The third kappa shape index (κ3) is 4.43. The van der Waals surface area contributed by atoms with Gasteiger partial charge in [0.05, 0.1) is 18.6 Å². The van der Waals surface area contributed by atoms with Gasteiger partial charge in [-0.15, -0.1) is 0 Å². The number of carbonyl (C=O) groups excluding carboxylic acids is 1. The van der Waals surface area contributed by atoms with Gasteiger partial charge >= 0.3 is 0 Å². The number of carbonyl (C=O) groups is 1. The maximum atomic E-state index is 12.2. The van der Waals surface area contributed by atoms with Crippen LogP contribution in [0.5, 0.6) is 0 Å². The van der Waals surface area contributed by atoms with Crippen LogP contribution in [-0.2, 0) is 13.0 Å². The molecule has 0 saturated heterocycles. The maximum Gasteiger partial charge on any atom is 0.291 e. The Morgan fingerprint density at radius 2 is 2.20 bits per heavy atom. The molecule has 0 aliphatic carbocycles. The number of amides is 1. The molecule has 8 heteroatoms. The molecule has 30 heavy (non-hydrogen) atoms. The van der Waals surface area contributed by atoms with Crippen LogP contribution in [-0.4, -0.2) is 34.4 Å². The normalized spacial score (nSPS) is 13.6. The van der Waals surface area contributed by atoms with Crippen LogP contribution in [0, 0.1) is 0 Å². The maximum absolute atomic E-state index is 12.2. The summed E-state index contributed by atoms with van der Waals surface area (Å²) >= 11 is 6.42. The quantitative estimate of drug-likeness (QED) is 0.536. The van der Waals surface area contributed by atoms with Gasteiger partial charge in [0.25, 0.3) is 5.91 Å². The Labute approximate surface area is 178 Å². The number of aromatic nitrogens is 1. The second-order valence-corrected chi connectivity index (χ2v) is 7.56. The Morgan fingerprint density at radius 1 is 1.33 bits per heavy atom. The van der Waals surface area contributed by atoms with E-state index in [2.05, 4.69) is 26.7 Å². The number of fused-ring (bicyclic) bond motifs is 1. The first-order valence-electron chi connectivity index (χ1n) is 9.58. The van der Waals surface area contributed by atoms with Crippen LogP contribution in [0.25, 0.3) is 0 Å². The Hall–Kier alpha value is -3.00. The van der Waals surface area contributed by atoms with Gasteiger partial charge in [-0.25, -0.2) is 9.98 Å². The van der Waals surface area contributed by atoms with Crippen molar-refractivity contribution in [1.29, 1.82) is 0 Å². The molecule has 1 aliphatic rings. The number of furan rings is 1. The summed E-state index contributed by atoms with van der Waals surface area (Å²) < 4.78 is 5.13. The number of benzene rings is 1. The minimum Gasteiger partial charge on any atom is -0.459 e. The lowest BCUT2D eigenvalue weighted by Gasteiger charge is -2.10. The number of aliphatic imine (C=N–C) groups is 1. The fraction of sp³-hybridized carbons (Fsp3) is 0.227. The molecule has 4 rings (SSSR count). The van der Waals surface area contributed by atoms with Crippen LogP contribution in [0.3, 0.4) is 0 Å². The molecule has 0 radical (unpaired) electrons. The average molecular weight is 425 g/mol. The summed E-state index contributed by atoms with van der Waals surface area (Å²) in [6, 6.07) is 10.6. The molecule has 0 saturated carbocycles. The van der Waals surface area contributed by atoms with E-state index in [1.54, 1.807) is 36.5 Å². The van der Waals surface area contributed by atoms with E-state index in [0.29, 0.717) is 29.5 Å². The lowest BCUT2D eigenvalue weighted by Crippen LogP contribution is -2.28. The molecule has 154 valence electrons. The highest BCUT2D eigenvalue weighted by molar-refractivity contribution is 6.34. The molecule has 1 atom stereocenters. The first-order chi connectivity index (χ1) is 14.5. The molecule has 3 aromatic rings. The van der Waals surface area contributed by atoms with Gasteiger partial charge in [-0.05, 0) is 48.9 Å². The number of anilines is 1. The van der Waals surface area contributed by atoms with Crippen molar-refractivity contribution in [3.8, 4) is 0 Å². The molecule has 0 spiro atoms. The largest absolute Gasteiger partial charge is 0.459 e. The number of nitrogens with one attached hydrogen (secondary N) is 2. The van der Waals surface area contributed by atoms with Gasteiger partial charge in [0.2, 0.25) is 0 Å². The highest BCUT2D eigenvalue weighted by atomic mass is 35.5. The Morgan fingerprint density at radius 3 is 2.97 bits per heavy atom. The summed E-state index contributed by atoms with van der Waals surface area (Å²) in [6.07, 6.45) is 3.83. The predicted octanol–water partition coefficient (Wildman–Crippen LogP) is 3.73. The van der Waals surface area contributed by atoms with E-state index in [4.69, 9.17) is 21.1 Å². The van der Waals surface area contributed by atoms with Gasteiger partial charge in [0, 0.05) is 47.0 Å². The Bertz CT molecular complexity index is 1100. The lowest BCUT2D eigenvalue weighted by atomic mass is 10.0. The molecule has 0 fully saturated rings. The van der Waals surface area contributed by atoms with Crippen LogP contribution >= 0.6 is 11.6 Å². The first kappa shape index (κ1) is 20.3. The molecule has 7 nitrogen and oxygen atoms in total. The molecule has 1 amide bonds. The number of halogens is 1. The molecule has 3 heterocycles. The third-order valence-corrected chi connectivity index (χ3v) is 5.14. The summed E-state index contributed by atoms with van der Waals surface area (Å²) in [5.41, 5.74) is 4.19. The van der Waals surface area contributed by atoms with Crippen LogP contribution in [0.15, 0.2) is 58.3 Å². The average Bonchev–Trinajstić information content (AvgIpc) is 3.43. The van der Waals surface area contributed by atoms with Gasteiger partial charge in [-0.1, -0.05) is 11.6 Å². The number of pyridine rings is 1. The van der Waals surface area contributed by atoms with Crippen LogP contribution in [0.1, 0.15) is 34.2 Å². The molecule has 0 bridgehead atoms. The number of aliphatic hydroxyl groups is 1. The molecule has 2 aromatic heterocycles. The molecule has 1 aromatic carbocycles. The van der Waals surface area contributed by atoms with E-state index in [1.165, 1.54) is 6.26 Å². The second-order valence-electron chi connectivity index (χ2n) is 7.15. The highest BCUT2D eigenvalue weighted by Gasteiger charge is 2.20. The Balaban J connectivity index is 1.50. The van der Waals surface area contributed by atoms with Crippen molar-refractivity contribution in [2.45, 2.75) is 25.9 Å². The van der Waals surface area contributed by atoms with Crippen molar-refractivity contribution in [3.05, 3.63) is 76.3 Å². The van der Waals surface area contributed by atoms with E-state index in [9.17, 15) is 4.79 Å². The Kier molecular flexibility index (Phi) is 5.94. The first-order valence-corrected chi connectivity index (χ1v) is 9.95. The molecular weight excluding hydrogens is 404 g/mol. The van der Waals surface area contributed by atoms with Crippen molar-refractivity contribution < 1.29 is 14.3 Å². The SMILES string of the molecule is C[C@@H](CO)NCc1cnc2c(c1)CC(c1cc(NC(=O)c3ccco3)ccc1Cl)=N2. The molecule has 0 unspecified atom stereocenters. The van der Waals surface area contributed by atoms with Gasteiger partial charge < -0.3 is 20.2 Å². The summed E-state index contributed by atoms with van der Waals surface area (Å²) in [4.78, 5) is 21.3. The van der Waals surface area contributed by atoms with Crippen LogP contribution in [0.4, 0.5) is 11.5 Å². The van der Waals surface area contributed by atoms with Gasteiger partial charge in [0.15, 0.2) is 11.6 Å². The van der Waals surface area contributed by atoms with Crippen molar-refractivity contribution in [3.63, 3.8) is 0 Å². The van der Waals surface area contributed by atoms with Crippen molar-refractivity contribution >= 4 is 34.7 Å². The minimum absolute atomic E-state index is 0.0167. The van der Waals surface area contributed by atoms with E-state index < -0.39 is 0 Å². The number of hydrogen-bond acceptors (Lipinski definition) is 6. The standard InChI is InChI=1S/C22H21ClN4O3/c1-13(12-28)24-10-14-7-15-8-19(27-21(15)25-11-14)17-9-16(4-5-18(17)23)26-22(29)20-3-2-6-30-20/h2-7,9,11,13,24,28H,8,10,12H2,1H3,(H,26,29)/t13-/m0/s1. The zero-order chi connectivity index (χ0) is 21.1. The topological polar surface area (TPSA) is 99.8 Å². The smallest absolute Gasteiger partial charge is 0.291 e. The molecular formula is C22H21ClN4O3. The summed E-state index contributed by atoms with van der Waals surface area (Å²) in [6.45, 7) is 2.62. The number of rotatable bonds is 7. The fourth-order valence-electron chi connectivity index (χ4n) is 3.16. The zero-order valence-electron chi connectivity index (χ0n) is 16.4. The summed E-state index contributed by atoms with van der Waals surface area (Å²) in [7, 11) is 0. The summed E-state index contributed by atoms with van der Waals surface area (Å²) in [5, 5.41) is 15.7. The highest BCUT2D eigenvalue weighted by Crippen LogP contribution is 2.31. The molecule has 1 aliphatic heterocycles. The number of nitrogens with zero attached hydrogens (tertiary/aromatic N) is 2. The van der Waals surface area contributed by atoms with Crippen molar-refractivity contribution in [2.75, 3.05) is 11.9 Å². The monoisotopic (exact) mass is 424 g/mol. The molecule has 3 N–H and O–H groups in total. The van der Waals surface area contributed by atoms with Crippen molar-refractivity contribution in [1.82, 2.24) is 10.3 Å². The second kappa shape index (κ2) is 8.79.